The van der Waals surface area contributed by atoms with Crippen molar-refractivity contribution < 1.29 is 23.8 Å². The fraction of sp³-hybridized carbons (Fsp3) is 0.188. The Morgan fingerprint density at radius 2 is 1.84 bits per heavy atom. The fourth-order valence-corrected chi connectivity index (χ4v) is 2.92. The zero-order valence-electron chi connectivity index (χ0n) is 13.6. The molecule has 25 heavy (non-hydrogen) atoms. The monoisotopic (exact) mass is 407 g/mol. The van der Waals surface area contributed by atoms with Gasteiger partial charge in [0.1, 0.15) is 11.8 Å². The summed E-state index contributed by atoms with van der Waals surface area (Å²) in [5.74, 6) is -1.01. The van der Waals surface area contributed by atoms with Gasteiger partial charge in [-0.3, -0.25) is 0 Å². The number of aromatic nitrogens is 1. The Bertz CT molecular complexity index is 898. The molecule has 0 atom stereocenters. The van der Waals surface area contributed by atoms with Crippen LogP contribution in [0.4, 0.5) is 5.69 Å². The highest BCUT2D eigenvalue weighted by Crippen LogP contribution is 2.34. The van der Waals surface area contributed by atoms with Crippen LogP contribution < -0.4 is 10.5 Å². The molecule has 0 amide bonds. The van der Waals surface area contributed by atoms with Gasteiger partial charge in [-0.25, -0.2) is 9.59 Å². The van der Waals surface area contributed by atoms with Crippen molar-refractivity contribution in [1.29, 1.82) is 5.26 Å². The first kappa shape index (κ1) is 18.4. The molecule has 8 nitrogen and oxygen atoms in total. The first-order valence-corrected chi connectivity index (χ1v) is 7.64. The van der Waals surface area contributed by atoms with Crippen LogP contribution in [0.5, 0.6) is 5.75 Å². The van der Waals surface area contributed by atoms with Crippen LogP contribution in [0, 0.1) is 11.3 Å². The summed E-state index contributed by atoms with van der Waals surface area (Å²) in [6.07, 6.45) is 1.35. The molecule has 2 N–H and O–H groups in total. The highest BCUT2D eigenvalue weighted by Gasteiger charge is 2.26. The number of carbonyl (C=O) groups is 2. The van der Waals surface area contributed by atoms with Crippen molar-refractivity contribution in [3.63, 3.8) is 0 Å². The Hall–Kier alpha value is -2.99. The number of nitrogens with zero attached hydrogens (tertiary/aromatic N) is 2. The van der Waals surface area contributed by atoms with Gasteiger partial charge in [0.15, 0.2) is 5.69 Å². The number of halogens is 1. The van der Waals surface area contributed by atoms with Crippen molar-refractivity contribution in [3.05, 3.63) is 39.6 Å². The summed E-state index contributed by atoms with van der Waals surface area (Å²) in [7, 11) is 3.87. The Balaban J connectivity index is 2.89. The normalized spacial score (nSPS) is 10.0. The van der Waals surface area contributed by atoms with Crippen LogP contribution in [0.1, 0.15) is 26.4 Å². The van der Waals surface area contributed by atoms with Crippen LogP contribution in [0.3, 0.4) is 0 Å². The molecule has 9 heteroatoms. The largest absolute Gasteiger partial charge is 0.497 e. The van der Waals surface area contributed by atoms with E-state index in [1.807, 2.05) is 6.07 Å². The number of carbonyl (C=O) groups excluding carboxylic acids is 2. The van der Waals surface area contributed by atoms with Gasteiger partial charge < -0.3 is 24.5 Å². The molecular weight excluding hydrogens is 394 g/mol. The van der Waals surface area contributed by atoms with Crippen LogP contribution in [0.2, 0.25) is 0 Å². The Morgan fingerprint density at radius 3 is 2.36 bits per heavy atom. The molecule has 0 aliphatic heterocycles. The van der Waals surface area contributed by atoms with Crippen molar-refractivity contribution in [1.82, 2.24) is 4.57 Å². The second-order valence-electron chi connectivity index (χ2n) is 4.78. The number of esters is 2. The first-order chi connectivity index (χ1) is 11.9. The molecule has 0 spiro atoms. The molecule has 0 fully saturated rings. The third kappa shape index (κ3) is 3.16. The van der Waals surface area contributed by atoms with Crippen LogP contribution in [0.15, 0.2) is 22.8 Å². The van der Waals surface area contributed by atoms with Gasteiger partial charge in [0, 0.05) is 10.7 Å². The van der Waals surface area contributed by atoms with Gasteiger partial charge in [0.2, 0.25) is 0 Å². The Morgan fingerprint density at radius 1 is 1.20 bits per heavy atom. The van der Waals surface area contributed by atoms with E-state index < -0.39 is 11.9 Å². The lowest BCUT2D eigenvalue weighted by atomic mass is 10.1. The van der Waals surface area contributed by atoms with Crippen molar-refractivity contribution in [2.24, 2.45) is 0 Å². The molecule has 0 aliphatic carbocycles. The third-order valence-corrected chi connectivity index (χ3v) is 4.07. The Labute approximate surface area is 151 Å². The number of nitrogen functional groups attached to an aromatic ring is 1. The third-order valence-electron chi connectivity index (χ3n) is 3.46. The zero-order valence-corrected chi connectivity index (χ0v) is 15.2. The average molecular weight is 408 g/mol. The van der Waals surface area contributed by atoms with E-state index in [-0.39, 0.29) is 28.2 Å². The predicted molar refractivity (Wildman–Crippen MR) is 91.8 cm³/mol. The molecule has 0 unspecified atom stereocenters. The molecule has 0 bridgehead atoms. The summed E-state index contributed by atoms with van der Waals surface area (Å²) in [5, 5.41) is 9.21. The molecule has 1 aromatic carbocycles. The van der Waals surface area contributed by atoms with Crippen LogP contribution in [-0.2, 0) is 9.47 Å². The van der Waals surface area contributed by atoms with Crippen molar-refractivity contribution in [3.8, 4) is 17.5 Å². The smallest absolute Gasteiger partial charge is 0.357 e. The lowest BCUT2D eigenvalue weighted by Crippen LogP contribution is -2.15. The van der Waals surface area contributed by atoms with Crippen LogP contribution >= 0.6 is 15.9 Å². The van der Waals surface area contributed by atoms with Crippen molar-refractivity contribution >= 4 is 33.6 Å². The topological polar surface area (TPSA) is 117 Å². The van der Waals surface area contributed by atoms with Gasteiger partial charge in [0.05, 0.1) is 43.8 Å². The summed E-state index contributed by atoms with van der Waals surface area (Å²) in [5.41, 5.74) is 6.21. The first-order valence-electron chi connectivity index (χ1n) is 6.85. The van der Waals surface area contributed by atoms with E-state index in [1.54, 1.807) is 6.07 Å². The van der Waals surface area contributed by atoms with E-state index >= 15 is 0 Å². The SMILES string of the molecule is COC(=O)c1cc(OC)cc(Br)c1-n1cc(C#N)c(N)c1C(=O)OC. The zero-order chi connectivity index (χ0) is 18.7. The minimum atomic E-state index is -0.752. The number of hydrogen-bond donors (Lipinski definition) is 1. The lowest BCUT2D eigenvalue weighted by Gasteiger charge is -2.15. The second kappa shape index (κ2) is 7.27. The highest BCUT2D eigenvalue weighted by atomic mass is 79.9. The molecule has 1 aromatic heterocycles. The standard InChI is InChI=1S/C16H14BrN3O5/c1-23-9-4-10(15(21)24-2)13(11(17)5-9)20-7-8(6-18)12(19)14(20)16(22)25-3/h4-5,7H,19H2,1-3H3. The number of rotatable bonds is 4. The minimum Gasteiger partial charge on any atom is -0.497 e. The predicted octanol–water partition coefficient (Wildman–Crippen LogP) is 2.28. The van der Waals surface area contributed by atoms with E-state index in [0.29, 0.717) is 10.2 Å². The summed E-state index contributed by atoms with van der Waals surface area (Å²) in [6, 6.07) is 4.96. The van der Waals surface area contributed by atoms with Gasteiger partial charge in [-0.2, -0.15) is 5.26 Å². The number of nitriles is 1. The van der Waals surface area contributed by atoms with E-state index in [9.17, 15) is 14.9 Å². The summed E-state index contributed by atoms with van der Waals surface area (Å²) in [6.45, 7) is 0. The number of nitrogens with two attached hydrogens (primary N) is 1. The Kier molecular flexibility index (Phi) is 5.34. The van der Waals surface area contributed by atoms with E-state index in [1.165, 1.54) is 38.2 Å². The highest BCUT2D eigenvalue weighted by molar-refractivity contribution is 9.10. The summed E-state index contributed by atoms with van der Waals surface area (Å²) >= 11 is 3.35. The fourth-order valence-electron chi connectivity index (χ4n) is 2.29. The minimum absolute atomic E-state index is 0.0483. The van der Waals surface area contributed by atoms with Crippen LogP contribution in [-0.4, -0.2) is 37.8 Å². The van der Waals surface area contributed by atoms with Gasteiger partial charge >= 0.3 is 11.9 Å². The van der Waals surface area contributed by atoms with E-state index in [0.717, 1.165) is 0 Å². The number of benzene rings is 1. The second-order valence-corrected chi connectivity index (χ2v) is 5.63. The molecule has 2 aromatic rings. The van der Waals surface area contributed by atoms with Crippen LogP contribution in [0.25, 0.3) is 5.69 Å². The van der Waals surface area contributed by atoms with Crippen molar-refractivity contribution in [2.75, 3.05) is 27.1 Å². The number of ether oxygens (including phenoxy) is 3. The van der Waals surface area contributed by atoms with E-state index in [2.05, 4.69) is 15.9 Å². The molecular formula is C16H14BrN3O5. The molecule has 130 valence electrons. The molecule has 1 heterocycles. The molecule has 0 saturated carbocycles. The quantitative estimate of drug-likeness (QED) is 0.772. The maximum Gasteiger partial charge on any atom is 0.357 e. The average Bonchev–Trinajstić information content (AvgIpc) is 2.95. The number of methoxy groups -OCH3 is 3. The summed E-state index contributed by atoms with van der Waals surface area (Å²) < 4.78 is 16.4. The molecule has 0 aliphatic rings. The summed E-state index contributed by atoms with van der Waals surface area (Å²) in [4.78, 5) is 24.4. The van der Waals surface area contributed by atoms with Gasteiger partial charge in [-0.1, -0.05) is 0 Å². The van der Waals surface area contributed by atoms with Gasteiger partial charge in [0.25, 0.3) is 0 Å². The lowest BCUT2D eigenvalue weighted by molar-refractivity contribution is 0.0581. The van der Waals surface area contributed by atoms with E-state index in [4.69, 9.17) is 19.9 Å². The maximum atomic E-state index is 12.2. The molecule has 0 saturated heterocycles. The molecule has 2 rings (SSSR count). The van der Waals surface area contributed by atoms with Gasteiger partial charge in [-0.05, 0) is 28.1 Å². The van der Waals surface area contributed by atoms with Gasteiger partial charge in [-0.15, -0.1) is 0 Å². The maximum absolute atomic E-state index is 12.2. The number of hydrogen-bond acceptors (Lipinski definition) is 7. The molecule has 0 radical (unpaired) electrons. The number of anilines is 1. The van der Waals surface area contributed by atoms with Crippen molar-refractivity contribution in [2.45, 2.75) is 0 Å².